The van der Waals surface area contributed by atoms with E-state index in [0.29, 0.717) is 24.4 Å². The largest absolute Gasteiger partial charge is 0.496 e. The Bertz CT molecular complexity index is 516. The van der Waals surface area contributed by atoms with Crippen molar-refractivity contribution in [3.05, 3.63) is 29.6 Å². The zero-order chi connectivity index (χ0) is 16.1. The van der Waals surface area contributed by atoms with E-state index in [1.807, 2.05) is 0 Å². The molecule has 1 atom stereocenters. The lowest BCUT2D eigenvalue weighted by Gasteiger charge is -2.34. The van der Waals surface area contributed by atoms with E-state index in [1.165, 1.54) is 13.2 Å². The molecule has 1 N–H and O–H groups in total. The first-order valence-electron chi connectivity index (χ1n) is 7.67. The van der Waals surface area contributed by atoms with Gasteiger partial charge in [-0.1, -0.05) is 13.0 Å². The molecule has 1 aliphatic heterocycles. The first kappa shape index (κ1) is 16.5. The van der Waals surface area contributed by atoms with Crippen LogP contribution in [0.4, 0.5) is 9.18 Å². The third-order valence-electron chi connectivity index (χ3n) is 4.11. The lowest BCUT2D eigenvalue weighted by Crippen LogP contribution is -2.52. The van der Waals surface area contributed by atoms with E-state index in [0.717, 1.165) is 19.6 Å². The lowest BCUT2D eigenvalue weighted by atomic mass is 10.1. The molecule has 5 nitrogen and oxygen atoms in total. The van der Waals surface area contributed by atoms with Gasteiger partial charge in [-0.3, -0.25) is 0 Å². The Morgan fingerprint density at radius 2 is 2.05 bits per heavy atom. The molecule has 2 amide bonds. The van der Waals surface area contributed by atoms with Gasteiger partial charge in [-0.25, -0.2) is 9.18 Å². The molecular formula is C16H24FN3O2. The number of urea groups is 1. The first-order valence-corrected chi connectivity index (χ1v) is 7.67. The van der Waals surface area contributed by atoms with Crippen molar-refractivity contribution in [2.24, 2.45) is 0 Å². The van der Waals surface area contributed by atoms with E-state index < -0.39 is 6.04 Å². The van der Waals surface area contributed by atoms with Crippen LogP contribution >= 0.6 is 0 Å². The van der Waals surface area contributed by atoms with Crippen LogP contribution in [0.1, 0.15) is 25.5 Å². The number of carbonyl (C=O) groups is 1. The number of ether oxygens (including phenoxy) is 1. The number of methoxy groups -OCH3 is 1. The van der Waals surface area contributed by atoms with Crippen LogP contribution in [0.5, 0.6) is 5.75 Å². The van der Waals surface area contributed by atoms with Gasteiger partial charge in [0.05, 0.1) is 18.7 Å². The number of halogens is 1. The maximum atomic E-state index is 14.0. The number of nitrogens with one attached hydrogen (secondary N) is 1. The highest BCUT2D eigenvalue weighted by Gasteiger charge is 2.23. The molecule has 0 bridgehead atoms. The summed E-state index contributed by atoms with van der Waals surface area (Å²) in [7, 11) is 1.50. The molecule has 0 saturated carbocycles. The van der Waals surface area contributed by atoms with Crippen molar-refractivity contribution in [2.45, 2.75) is 19.9 Å². The zero-order valence-corrected chi connectivity index (χ0v) is 13.4. The molecule has 0 spiro atoms. The van der Waals surface area contributed by atoms with Gasteiger partial charge in [-0.15, -0.1) is 0 Å². The molecular weight excluding hydrogens is 285 g/mol. The smallest absolute Gasteiger partial charge is 0.317 e. The number of carbonyl (C=O) groups excluding carboxylic acids is 1. The molecule has 1 fully saturated rings. The zero-order valence-electron chi connectivity index (χ0n) is 13.4. The van der Waals surface area contributed by atoms with Crippen molar-refractivity contribution < 1.29 is 13.9 Å². The Kier molecular flexibility index (Phi) is 5.60. The lowest BCUT2D eigenvalue weighted by molar-refractivity contribution is 0.141. The molecule has 1 aliphatic rings. The number of nitrogens with zero attached hydrogens (tertiary/aromatic N) is 2. The van der Waals surface area contributed by atoms with Gasteiger partial charge in [0.15, 0.2) is 0 Å². The molecule has 0 radical (unpaired) electrons. The highest BCUT2D eigenvalue weighted by atomic mass is 19.1. The summed E-state index contributed by atoms with van der Waals surface area (Å²) in [5.41, 5.74) is 0.380. The van der Waals surface area contributed by atoms with Crippen molar-refractivity contribution in [3.63, 3.8) is 0 Å². The first-order chi connectivity index (χ1) is 10.6. The molecule has 6 heteroatoms. The SMILES string of the molecule is CCN1CCN(C(=O)NC(C)c2c(F)cccc2OC)CC1. The summed E-state index contributed by atoms with van der Waals surface area (Å²) in [6.45, 7) is 8.02. The third kappa shape index (κ3) is 3.68. The monoisotopic (exact) mass is 309 g/mol. The fourth-order valence-electron chi connectivity index (χ4n) is 2.73. The van der Waals surface area contributed by atoms with Gasteiger partial charge in [0.2, 0.25) is 0 Å². The molecule has 1 heterocycles. The van der Waals surface area contributed by atoms with Gasteiger partial charge in [0, 0.05) is 26.2 Å². The quantitative estimate of drug-likeness (QED) is 0.928. The van der Waals surface area contributed by atoms with E-state index in [1.54, 1.807) is 24.0 Å². The van der Waals surface area contributed by atoms with Crippen LogP contribution in [0.25, 0.3) is 0 Å². The topological polar surface area (TPSA) is 44.8 Å². The minimum absolute atomic E-state index is 0.159. The normalized spacial score (nSPS) is 17.2. The molecule has 1 aromatic carbocycles. The number of benzene rings is 1. The Balaban J connectivity index is 2.00. The minimum atomic E-state index is -0.451. The highest BCUT2D eigenvalue weighted by Crippen LogP contribution is 2.27. The van der Waals surface area contributed by atoms with E-state index in [9.17, 15) is 9.18 Å². The molecule has 1 unspecified atom stereocenters. The Morgan fingerprint density at radius 3 is 2.64 bits per heavy atom. The van der Waals surface area contributed by atoms with Gasteiger partial charge in [0.25, 0.3) is 0 Å². The summed E-state index contributed by atoms with van der Waals surface area (Å²) in [4.78, 5) is 16.4. The molecule has 1 aromatic rings. The van der Waals surface area contributed by atoms with Crippen molar-refractivity contribution in [1.29, 1.82) is 0 Å². The van der Waals surface area contributed by atoms with Crippen molar-refractivity contribution in [3.8, 4) is 5.75 Å². The molecule has 2 rings (SSSR count). The van der Waals surface area contributed by atoms with Gasteiger partial charge in [-0.2, -0.15) is 0 Å². The van der Waals surface area contributed by atoms with E-state index in [-0.39, 0.29) is 11.8 Å². The number of hydrogen-bond donors (Lipinski definition) is 1. The summed E-state index contributed by atoms with van der Waals surface area (Å²) in [6.07, 6.45) is 0. The van der Waals surface area contributed by atoms with Crippen LogP contribution in [-0.2, 0) is 0 Å². The Labute approximate surface area is 131 Å². The van der Waals surface area contributed by atoms with Crippen LogP contribution in [0, 0.1) is 5.82 Å². The molecule has 0 aliphatic carbocycles. The van der Waals surface area contributed by atoms with Crippen molar-refractivity contribution >= 4 is 6.03 Å². The predicted octanol–water partition coefficient (Wildman–Crippen LogP) is 2.24. The fourth-order valence-corrected chi connectivity index (χ4v) is 2.73. The second kappa shape index (κ2) is 7.45. The standard InChI is InChI=1S/C16H24FN3O2/c1-4-19-8-10-20(11-9-19)16(21)18-12(2)15-13(17)6-5-7-14(15)22-3/h5-7,12H,4,8-11H2,1-3H3,(H,18,21). The fraction of sp³-hybridized carbons (Fsp3) is 0.562. The number of hydrogen-bond acceptors (Lipinski definition) is 3. The number of piperazine rings is 1. The summed E-state index contributed by atoms with van der Waals surface area (Å²) < 4.78 is 19.2. The second-order valence-electron chi connectivity index (χ2n) is 5.45. The molecule has 0 aromatic heterocycles. The summed E-state index contributed by atoms with van der Waals surface area (Å²) in [5.74, 6) is 0.0755. The number of amides is 2. The van der Waals surface area contributed by atoms with Gasteiger partial charge in [0.1, 0.15) is 11.6 Å². The highest BCUT2D eigenvalue weighted by molar-refractivity contribution is 5.75. The summed E-state index contributed by atoms with van der Waals surface area (Å²) >= 11 is 0. The number of rotatable bonds is 4. The van der Waals surface area contributed by atoms with Gasteiger partial charge in [-0.05, 0) is 25.6 Å². The Morgan fingerprint density at radius 1 is 1.36 bits per heavy atom. The molecule has 22 heavy (non-hydrogen) atoms. The second-order valence-corrected chi connectivity index (χ2v) is 5.45. The van der Waals surface area contributed by atoms with Crippen LogP contribution < -0.4 is 10.1 Å². The minimum Gasteiger partial charge on any atom is -0.496 e. The molecule has 122 valence electrons. The average Bonchev–Trinajstić information content (AvgIpc) is 2.54. The van der Waals surface area contributed by atoms with Gasteiger partial charge >= 0.3 is 6.03 Å². The summed E-state index contributed by atoms with van der Waals surface area (Å²) in [6, 6.07) is 4.05. The van der Waals surface area contributed by atoms with Crippen molar-refractivity contribution in [1.82, 2.24) is 15.1 Å². The maximum absolute atomic E-state index is 14.0. The number of likely N-dealkylation sites (N-methyl/N-ethyl adjacent to an activating group) is 1. The van der Waals surface area contributed by atoms with Crippen LogP contribution in [0.15, 0.2) is 18.2 Å². The van der Waals surface area contributed by atoms with Gasteiger partial charge < -0.3 is 19.9 Å². The average molecular weight is 309 g/mol. The predicted molar refractivity (Wildman–Crippen MR) is 83.6 cm³/mol. The third-order valence-corrected chi connectivity index (χ3v) is 4.11. The van der Waals surface area contributed by atoms with E-state index in [4.69, 9.17) is 4.74 Å². The van der Waals surface area contributed by atoms with Crippen LogP contribution in [0.3, 0.4) is 0 Å². The maximum Gasteiger partial charge on any atom is 0.317 e. The Hall–Kier alpha value is -1.82. The van der Waals surface area contributed by atoms with Crippen LogP contribution in [0.2, 0.25) is 0 Å². The molecule has 1 saturated heterocycles. The van der Waals surface area contributed by atoms with Crippen LogP contribution in [-0.4, -0.2) is 55.7 Å². The van der Waals surface area contributed by atoms with E-state index in [2.05, 4.69) is 17.1 Å². The summed E-state index contributed by atoms with van der Waals surface area (Å²) in [5, 5.41) is 2.86. The van der Waals surface area contributed by atoms with Crippen molar-refractivity contribution in [2.75, 3.05) is 39.8 Å². The van der Waals surface area contributed by atoms with E-state index >= 15 is 0 Å².